The highest BCUT2D eigenvalue weighted by atomic mass is 16.3. The first-order valence-electron chi connectivity index (χ1n) is 5.62. The summed E-state index contributed by atoms with van der Waals surface area (Å²) in [6, 6.07) is 4.05. The molecular formula is C12H19NO. The van der Waals surface area contributed by atoms with Gasteiger partial charge in [-0.1, -0.05) is 13.3 Å². The Bertz CT molecular complexity index is 249. The van der Waals surface area contributed by atoms with Gasteiger partial charge < -0.3 is 9.32 Å². The van der Waals surface area contributed by atoms with Crippen LogP contribution in [0.4, 0.5) is 0 Å². The molecule has 1 aliphatic rings. The van der Waals surface area contributed by atoms with Crippen molar-refractivity contribution in [2.45, 2.75) is 32.1 Å². The maximum Gasteiger partial charge on any atom is 0.107 e. The number of furan rings is 1. The first-order chi connectivity index (χ1) is 6.86. The monoisotopic (exact) mass is 193 g/mol. The topological polar surface area (TPSA) is 16.4 Å². The lowest BCUT2D eigenvalue weighted by Gasteiger charge is -2.28. The zero-order valence-electron chi connectivity index (χ0n) is 8.91. The van der Waals surface area contributed by atoms with Crippen molar-refractivity contribution < 1.29 is 4.42 Å². The summed E-state index contributed by atoms with van der Waals surface area (Å²) in [7, 11) is 0. The van der Waals surface area contributed by atoms with Crippen molar-refractivity contribution in [3.05, 3.63) is 24.2 Å². The third kappa shape index (κ3) is 2.38. The van der Waals surface area contributed by atoms with E-state index in [0.29, 0.717) is 5.92 Å². The standard InChI is InChI=1S/C12H19NO/c1-11(12-6-5-9-14-12)10-13-7-3-2-4-8-13/h5-6,9,11H,2-4,7-8,10H2,1H3. The van der Waals surface area contributed by atoms with Crippen LogP contribution in [0.2, 0.25) is 0 Å². The number of hydrogen-bond donors (Lipinski definition) is 0. The van der Waals surface area contributed by atoms with Crippen LogP contribution in [0, 0.1) is 0 Å². The SMILES string of the molecule is CC(CN1CCCCC1)c1ccco1. The van der Waals surface area contributed by atoms with Crippen LogP contribution in [0.3, 0.4) is 0 Å². The summed E-state index contributed by atoms with van der Waals surface area (Å²) >= 11 is 0. The average Bonchev–Trinajstić information content (AvgIpc) is 2.72. The molecule has 1 atom stereocenters. The molecule has 1 aromatic heterocycles. The van der Waals surface area contributed by atoms with E-state index in [2.05, 4.69) is 17.9 Å². The zero-order valence-corrected chi connectivity index (χ0v) is 8.91. The van der Waals surface area contributed by atoms with Crippen LogP contribution in [-0.4, -0.2) is 24.5 Å². The highest BCUT2D eigenvalue weighted by Crippen LogP contribution is 2.19. The lowest BCUT2D eigenvalue weighted by molar-refractivity contribution is 0.212. The number of hydrogen-bond acceptors (Lipinski definition) is 2. The molecule has 0 amide bonds. The maximum atomic E-state index is 5.41. The minimum Gasteiger partial charge on any atom is -0.469 e. The Labute approximate surface area is 85.9 Å². The van der Waals surface area contributed by atoms with Gasteiger partial charge in [-0.3, -0.25) is 0 Å². The molecule has 1 aliphatic heterocycles. The summed E-state index contributed by atoms with van der Waals surface area (Å²) in [6.45, 7) is 5.93. The second kappa shape index (κ2) is 4.65. The van der Waals surface area contributed by atoms with Crippen LogP contribution >= 0.6 is 0 Å². The molecule has 2 heterocycles. The summed E-state index contributed by atoms with van der Waals surface area (Å²) in [4.78, 5) is 2.55. The molecule has 0 bridgehead atoms. The predicted molar refractivity (Wildman–Crippen MR) is 57.4 cm³/mol. The molecule has 14 heavy (non-hydrogen) atoms. The van der Waals surface area contributed by atoms with Gasteiger partial charge in [-0.05, 0) is 38.1 Å². The van der Waals surface area contributed by atoms with Crippen LogP contribution in [-0.2, 0) is 0 Å². The van der Waals surface area contributed by atoms with Gasteiger partial charge in [-0.15, -0.1) is 0 Å². The van der Waals surface area contributed by atoms with Crippen molar-refractivity contribution in [3.8, 4) is 0 Å². The van der Waals surface area contributed by atoms with E-state index in [1.54, 1.807) is 6.26 Å². The Morgan fingerprint density at radius 3 is 2.79 bits per heavy atom. The van der Waals surface area contributed by atoms with E-state index in [1.807, 2.05) is 6.07 Å². The highest BCUT2D eigenvalue weighted by molar-refractivity contribution is 5.04. The molecule has 1 saturated heterocycles. The van der Waals surface area contributed by atoms with E-state index in [9.17, 15) is 0 Å². The van der Waals surface area contributed by atoms with Crippen molar-refractivity contribution in [2.24, 2.45) is 0 Å². The van der Waals surface area contributed by atoms with Gasteiger partial charge in [0.25, 0.3) is 0 Å². The number of rotatable bonds is 3. The summed E-state index contributed by atoms with van der Waals surface area (Å²) in [5, 5.41) is 0. The van der Waals surface area contributed by atoms with Crippen molar-refractivity contribution in [2.75, 3.05) is 19.6 Å². The smallest absolute Gasteiger partial charge is 0.107 e. The largest absolute Gasteiger partial charge is 0.469 e. The lowest BCUT2D eigenvalue weighted by atomic mass is 10.1. The Kier molecular flexibility index (Phi) is 3.25. The van der Waals surface area contributed by atoms with Crippen LogP contribution in [0.1, 0.15) is 37.9 Å². The molecule has 78 valence electrons. The number of likely N-dealkylation sites (tertiary alicyclic amines) is 1. The molecule has 1 aromatic rings. The molecule has 2 nitrogen and oxygen atoms in total. The fourth-order valence-corrected chi connectivity index (χ4v) is 2.19. The Morgan fingerprint density at radius 1 is 1.36 bits per heavy atom. The van der Waals surface area contributed by atoms with Crippen LogP contribution in [0.5, 0.6) is 0 Å². The molecule has 1 unspecified atom stereocenters. The van der Waals surface area contributed by atoms with Gasteiger partial charge in [0.15, 0.2) is 0 Å². The predicted octanol–water partition coefficient (Wildman–Crippen LogP) is 2.87. The van der Waals surface area contributed by atoms with Gasteiger partial charge in [-0.2, -0.15) is 0 Å². The van der Waals surface area contributed by atoms with E-state index < -0.39 is 0 Å². The second-order valence-electron chi connectivity index (χ2n) is 4.28. The Morgan fingerprint density at radius 2 is 2.14 bits per heavy atom. The first-order valence-corrected chi connectivity index (χ1v) is 5.62. The minimum atomic E-state index is 0.531. The zero-order chi connectivity index (χ0) is 9.80. The van der Waals surface area contributed by atoms with Gasteiger partial charge in [0, 0.05) is 12.5 Å². The molecule has 1 fully saturated rings. The summed E-state index contributed by atoms with van der Waals surface area (Å²) in [5.74, 6) is 1.65. The Hall–Kier alpha value is -0.760. The van der Waals surface area contributed by atoms with E-state index in [0.717, 1.165) is 12.3 Å². The number of nitrogens with zero attached hydrogens (tertiary/aromatic N) is 1. The summed E-state index contributed by atoms with van der Waals surface area (Å²) < 4.78 is 5.41. The first kappa shape index (κ1) is 9.78. The van der Waals surface area contributed by atoms with Crippen LogP contribution in [0.25, 0.3) is 0 Å². The third-order valence-corrected chi connectivity index (χ3v) is 3.01. The van der Waals surface area contributed by atoms with Crippen LogP contribution < -0.4 is 0 Å². The van der Waals surface area contributed by atoms with Gasteiger partial charge in [0.1, 0.15) is 5.76 Å². The van der Waals surface area contributed by atoms with Gasteiger partial charge >= 0.3 is 0 Å². The Balaban J connectivity index is 1.84. The molecule has 0 aromatic carbocycles. The fourth-order valence-electron chi connectivity index (χ4n) is 2.19. The molecule has 2 heteroatoms. The average molecular weight is 193 g/mol. The van der Waals surface area contributed by atoms with Crippen molar-refractivity contribution in [3.63, 3.8) is 0 Å². The minimum absolute atomic E-state index is 0.531. The molecule has 2 rings (SSSR count). The number of piperidine rings is 1. The normalized spacial score (nSPS) is 20.9. The van der Waals surface area contributed by atoms with E-state index in [4.69, 9.17) is 4.42 Å². The molecule has 0 spiro atoms. The van der Waals surface area contributed by atoms with Crippen LogP contribution in [0.15, 0.2) is 22.8 Å². The quantitative estimate of drug-likeness (QED) is 0.734. The van der Waals surface area contributed by atoms with Crippen molar-refractivity contribution in [1.29, 1.82) is 0 Å². The van der Waals surface area contributed by atoms with Crippen molar-refractivity contribution >= 4 is 0 Å². The van der Waals surface area contributed by atoms with Gasteiger partial charge in [0.2, 0.25) is 0 Å². The highest BCUT2D eigenvalue weighted by Gasteiger charge is 2.15. The molecule has 0 aliphatic carbocycles. The molecule has 0 N–H and O–H groups in total. The molecule has 0 radical (unpaired) electrons. The fraction of sp³-hybridized carbons (Fsp3) is 0.667. The van der Waals surface area contributed by atoms with E-state index in [-0.39, 0.29) is 0 Å². The van der Waals surface area contributed by atoms with Gasteiger partial charge in [0.05, 0.1) is 6.26 Å². The summed E-state index contributed by atoms with van der Waals surface area (Å²) in [5.41, 5.74) is 0. The third-order valence-electron chi connectivity index (χ3n) is 3.01. The van der Waals surface area contributed by atoms with Gasteiger partial charge in [-0.25, -0.2) is 0 Å². The van der Waals surface area contributed by atoms with E-state index in [1.165, 1.54) is 32.4 Å². The molecular weight excluding hydrogens is 174 g/mol. The second-order valence-corrected chi connectivity index (χ2v) is 4.28. The molecule has 0 saturated carbocycles. The maximum absolute atomic E-state index is 5.41. The summed E-state index contributed by atoms with van der Waals surface area (Å²) in [6.07, 6.45) is 5.91. The van der Waals surface area contributed by atoms with E-state index >= 15 is 0 Å². The lowest BCUT2D eigenvalue weighted by Crippen LogP contribution is -2.32. The van der Waals surface area contributed by atoms with Crippen molar-refractivity contribution in [1.82, 2.24) is 4.90 Å².